The zero-order valence-electron chi connectivity index (χ0n) is 19.7. The van der Waals surface area contributed by atoms with Gasteiger partial charge in [-0.2, -0.15) is 0 Å². The van der Waals surface area contributed by atoms with Crippen LogP contribution in [0.3, 0.4) is 0 Å². The minimum Gasteiger partial charge on any atom is -0.436 e. The SMILES string of the molecule is [B]OC1(CCC)C=CC(/C=C2\CC(CCN3CCOCC3)c3ccccc32)c2ccccc21. The number of allylic oxidation sites excluding steroid dienone is 3. The van der Waals surface area contributed by atoms with E-state index in [1.165, 1.54) is 34.2 Å². The van der Waals surface area contributed by atoms with Gasteiger partial charge in [0.1, 0.15) is 0 Å². The molecule has 0 saturated carbocycles. The van der Waals surface area contributed by atoms with Crippen LogP contribution in [-0.2, 0) is 15.0 Å². The lowest BCUT2D eigenvalue weighted by Crippen LogP contribution is -2.37. The third kappa shape index (κ3) is 4.49. The lowest BCUT2D eigenvalue weighted by Gasteiger charge is -2.37. The van der Waals surface area contributed by atoms with Crippen molar-refractivity contribution in [3.63, 3.8) is 0 Å². The van der Waals surface area contributed by atoms with E-state index in [9.17, 15) is 0 Å². The van der Waals surface area contributed by atoms with Crippen LogP contribution >= 0.6 is 0 Å². The summed E-state index contributed by atoms with van der Waals surface area (Å²) < 4.78 is 11.1. The summed E-state index contributed by atoms with van der Waals surface area (Å²) in [6.45, 7) is 7.18. The molecule has 1 fully saturated rings. The first-order chi connectivity index (χ1) is 16.2. The van der Waals surface area contributed by atoms with Crippen molar-refractivity contribution in [2.75, 3.05) is 32.8 Å². The molecule has 2 radical (unpaired) electrons. The number of ether oxygens (including phenoxy) is 1. The average Bonchev–Trinajstić information content (AvgIpc) is 3.22. The van der Waals surface area contributed by atoms with Crippen molar-refractivity contribution in [3.05, 3.63) is 89.0 Å². The second kappa shape index (κ2) is 10.0. The van der Waals surface area contributed by atoms with Crippen LogP contribution in [0.25, 0.3) is 5.57 Å². The summed E-state index contributed by atoms with van der Waals surface area (Å²) in [6, 6.07) is 17.6. The molecule has 2 aliphatic carbocycles. The summed E-state index contributed by atoms with van der Waals surface area (Å²) in [5.41, 5.74) is 6.40. The summed E-state index contributed by atoms with van der Waals surface area (Å²) in [5.74, 6) is 0.826. The van der Waals surface area contributed by atoms with Gasteiger partial charge in [0.15, 0.2) is 0 Å². The molecule has 3 nitrogen and oxygen atoms in total. The van der Waals surface area contributed by atoms with E-state index in [1.54, 1.807) is 0 Å². The molecule has 2 aromatic rings. The molecule has 4 heteroatoms. The molecule has 2 aromatic carbocycles. The van der Waals surface area contributed by atoms with E-state index in [1.807, 2.05) is 0 Å². The smallest absolute Gasteiger partial charge is 0.284 e. The monoisotopic (exact) mass is 439 g/mol. The van der Waals surface area contributed by atoms with Crippen LogP contribution in [0.5, 0.6) is 0 Å². The average molecular weight is 439 g/mol. The Hall–Kier alpha value is -2.14. The summed E-state index contributed by atoms with van der Waals surface area (Å²) >= 11 is 0. The van der Waals surface area contributed by atoms with Crippen molar-refractivity contribution in [1.82, 2.24) is 4.90 Å². The maximum Gasteiger partial charge on any atom is 0.284 e. The molecule has 1 heterocycles. The number of nitrogens with zero attached hydrogens (tertiary/aromatic N) is 1. The maximum absolute atomic E-state index is 5.85. The van der Waals surface area contributed by atoms with E-state index in [4.69, 9.17) is 17.4 Å². The standard InChI is InChI=1S/C29H34BNO2/c1-2-13-29(33-30)14-11-22(27-9-5-6-10-28(27)29)20-24-21-23(25-7-3-4-8-26(24)25)12-15-31-16-18-32-19-17-31/h3-11,14,20,22-23H,2,12-13,15-19,21H2,1H3/b24-20+. The topological polar surface area (TPSA) is 21.7 Å². The normalized spacial score (nSPS) is 28.1. The van der Waals surface area contributed by atoms with Gasteiger partial charge in [-0.15, -0.1) is 0 Å². The van der Waals surface area contributed by atoms with Crippen LogP contribution in [0.15, 0.2) is 66.8 Å². The number of rotatable bonds is 7. The molecule has 1 saturated heterocycles. The molecule has 5 rings (SSSR count). The molecule has 3 atom stereocenters. The Kier molecular flexibility index (Phi) is 6.87. The summed E-state index contributed by atoms with van der Waals surface area (Å²) in [7, 11) is 5.85. The minimum atomic E-state index is -0.519. The van der Waals surface area contributed by atoms with Crippen LogP contribution in [0.2, 0.25) is 0 Å². The molecule has 0 amide bonds. The minimum absolute atomic E-state index is 0.238. The predicted octanol–water partition coefficient (Wildman–Crippen LogP) is 5.73. The van der Waals surface area contributed by atoms with Gasteiger partial charge in [-0.05, 0) is 59.6 Å². The first-order valence-electron chi connectivity index (χ1n) is 12.5. The van der Waals surface area contributed by atoms with E-state index in [0.29, 0.717) is 5.92 Å². The van der Waals surface area contributed by atoms with Crippen molar-refractivity contribution in [2.45, 2.75) is 50.0 Å². The lowest BCUT2D eigenvalue weighted by molar-refractivity contribution is 0.0366. The molecule has 0 bridgehead atoms. The summed E-state index contributed by atoms with van der Waals surface area (Å²) in [5, 5.41) is 0. The van der Waals surface area contributed by atoms with Crippen LogP contribution in [-0.4, -0.2) is 45.8 Å². The van der Waals surface area contributed by atoms with Gasteiger partial charge in [0.05, 0.1) is 18.8 Å². The number of morpholine rings is 1. The molecular weight excluding hydrogens is 405 g/mol. The second-order valence-corrected chi connectivity index (χ2v) is 9.65. The summed E-state index contributed by atoms with van der Waals surface area (Å²) in [6.07, 6.45) is 11.2. The Balaban J connectivity index is 1.42. The van der Waals surface area contributed by atoms with Crippen molar-refractivity contribution < 1.29 is 9.39 Å². The van der Waals surface area contributed by atoms with E-state index in [0.717, 1.165) is 52.1 Å². The van der Waals surface area contributed by atoms with Gasteiger partial charge in [0.2, 0.25) is 0 Å². The zero-order valence-corrected chi connectivity index (χ0v) is 19.7. The number of benzene rings is 2. The third-order valence-electron chi connectivity index (χ3n) is 7.67. The summed E-state index contributed by atoms with van der Waals surface area (Å²) in [4.78, 5) is 2.55. The van der Waals surface area contributed by atoms with Crippen molar-refractivity contribution in [1.29, 1.82) is 0 Å². The lowest BCUT2D eigenvalue weighted by atomic mass is 9.76. The molecular formula is C29H34BNO2. The second-order valence-electron chi connectivity index (χ2n) is 9.65. The fraction of sp³-hybridized carbons (Fsp3) is 0.448. The van der Waals surface area contributed by atoms with Gasteiger partial charge in [-0.25, -0.2) is 0 Å². The van der Waals surface area contributed by atoms with Crippen LogP contribution < -0.4 is 0 Å². The Morgan fingerprint density at radius 1 is 1.09 bits per heavy atom. The van der Waals surface area contributed by atoms with Crippen LogP contribution in [0.1, 0.15) is 66.7 Å². The Bertz CT molecular complexity index is 1030. The Labute approximate surface area is 199 Å². The Morgan fingerprint density at radius 2 is 1.85 bits per heavy atom. The molecule has 3 unspecified atom stereocenters. The van der Waals surface area contributed by atoms with Gasteiger partial charge in [0.25, 0.3) is 8.05 Å². The zero-order chi connectivity index (χ0) is 22.7. The number of fused-ring (bicyclic) bond motifs is 2. The maximum atomic E-state index is 5.85. The van der Waals surface area contributed by atoms with E-state index in [2.05, 4.69) is 78.6 Å². The molecule has 0 aromatic heterocycles. The van der Waals surface area contributed by atoms with Crippen LogP contribution in [0.4, 0.5) is 0 Å². The molecule has 33 heavy (non-hydrogen) atoms. The quantitative estimate of drug-likeness (QED) is 0.406. The Morgan fingerprint density at radius 3 is 2.64 bits per heavy atom. The van der Waals surface area contributed by atoms with Crippen molar-refractivity contribution in [3.8, 4) is 0 Å². The first-order valence-corrected chi connectivity index (χ1v) is 12.5. The van der Waals surface area contributed by atoms with Gasteiger partial charge in [-0.1, -0.05) is 80.1 Å². The fourth-order valence-corrected chi connectivity index (χ4v) is 5.95. The van der Waals surface area contributed by atoms with Gasteiger partial charge >= 0.3 is 0 Å². The first kappa shape index (κ1) is 22.6. The fourth-order valence-electron chi connectivity index (χ4n) is 5.95. The van der Waals surface area contributed by atoms with E-state index >= 15 is 0 Å². The van der Waals surface area contributed by atoms with Crippen molar-refractivity contribution >= 4 is 13.6 Å². The van der Waals surface area contributed by atoms with E-state index < -0.39 is 5.60 Å². The third-order valence-corrected chi connectivity index (χ3v) is 7.67. The highest BCUT2D eigenvalue weighted by Crippen LogP contribution is 2.47. The van der Waals surface area contributed by atoms with Gasteiger partial charge < -0.3 is 9.39 Å². The predicted molar refractivity (Wildman–Crippen MR) is 135 cm³/mol. The molecule has 0 spiro atoms. The molecule has 0 N–H and O–H groups in total. The molecule has 170 valence electrons. The number of hydrogen-bond donors (Lipinski definition) is 0. The largest absolute Gasteiger partial charge is 0.436 e. The number of hydrogen-bond acceptors (Lipinski definition) is 3. The molecule has 1 aliphatic heterocycles. The van der Waals surface area contributed by atoms with Crippen LogP contribution in [0, 0.1) is 0 Å². The van der Waals surface area contributed by atoms with E-state index in [-0.39, 0.29) is 5.92 Å². The van der Waals surface area contributed by atoms with Gasteiger partial charge in [0, 0.05) is 19.0 Å². The van der Waals surface area contributed by atoms with Crippen molar-refractivity contribution in [2.24, 2.45) is 0 Å². The highest BCUT2D eigenvalue weighted by molar-refractivity contribution is 5.98. The highest BCUT2D eigenvalue weighted by atomic mass is 16.5. The molecule has 3 aliphatic rings. The van der Waals surface area contributed by atoms with Gasteiger partial charge in [-0.3, -0.25) is 4.90 Å². The highest BCUT2D eigenvalue weighted by Gasteiger charge is 2.35.